The van der Waals surface area contributed by atoms with Crippen LogP contribution < -0.4 is 10.5 Å². The van der Waals surface area contributed by atoms with Crippen LogP contribution in [0.4, 0.5) is 11.4 Å². The lowest BCUT2D eigenvalue weighted by Crippen LogP contribution is -2.15. The molecule has 0 aliphatic rings. The fourth-order valence-electron chi connectivity index (χ4n) is 2.09. The van der Waals surface area contributed by atoms with Gasteiger partial charge in [0.05, 0.1) is 16.8 Å². The number of anilines is 2. The maximum Gasteiger partial charge on any atom is 0.262 e. The lowest BCUT2D eigenvalue weighted by Gasteiger charge is -2.12. The molecule has 3 N–H and O–H groups in total. The Balaban J connectivity index is 2.45. The zero-order chi connectivity index (χ0) is 14.2. The second-order valence-electron chi connectivity index (χ2n) is 4.49. The number of aromatic nitrogens is 2. The van der Waals surface area contributed by atoms with Crippen molar-refractivity contribution in [2.24, 2.45) is 7.05 Å². The van der Waals surface area contributed by atoms with Gasteiger partial charge >= 0.3 is 0 Å². The summed E-state index contributed by atoms with van der Waals surface area (Å²) in [5.74, 6) is 0. The van der Waals surface area contributed by atoms with E-state index < -0.39 is 10.0 Å². The molecule has 1 aromatic carbocycles. The molecule has 0 fully saturated rings. The second-order valence-corrected chi connectivity index (χ2v) is 6.11. The lowest BCUT2D eigenvalue weighted by atomic mass is 10.1. The average molecular weight is 280 g/mol. The third-order valence-electron chi connectivity index (χ3n) is 2.71. The molecule has 2 aromatic rings. The first kappa shape index (κ1) is 13.4. The molecule has 19 heavy (non-hydrogen) atoms. The molecular formula is C12H16N4O2S. The summed E-state index contributed by atoms with van der Waals surface area (Å²) in [7, 11) is -1.92. The minimum Gasteiger partial charge on any atom is -0.399 e. The highest BCUT2D eigenvalue weighted by molar-refractivity contribution is 7.92. The van der Waals surface area contributed by atoms with Crippen LogP contribution in [-0.4, -0.2) is 18.2 Å². The van der Waals surface area contributed by atoms with Crippen molar-refractivity contribution in [1.82, 2.24) is 9.78 Å². The SMILES string of the molecule is Cc1cc(N)cc(C)c1S(=O)(=O)Nc1cnn(C)c1. The molecule has 0 bridgehead atoms. The smallest absolute Gasteiger partial charge is 0.262 e. The number of benzene rings is 1. The molecular weight excluding hydrogens is 264 g/mol. The van der Waals surface area contributed by atoms with E-state index in [1.54, 1.807) is 39.2 Å². The van der Waals surface area contributed by atoms with Crippen LogP contribution in [0, 0.1) is 13.8 Å². The van der Waals surface area contributed by atoms with Gasteiger partial charge in [-0.1, -0.05) is 0 Å². The Labute approximate surface area is 112 Å². The average Bonchev–Trinajstić information content (AvgIpc) is 2.60. The highest BCUT2D eigenvalue weighted by atomic mass is 32.2. The minimum absolute atomic E-state index is 0.255. The van der Waals surface area contributed by atoms with Gasteiger partial charge in [0, 0.05) is 18.9 Å². The van der Waals surface area contributed by atoms with Gasteiger partial charge in [-0.15, -0.1) is 0 Å². The van der Waals surface area contributed by atoms with Crippen molar-refractivity contribution in [2.75, 3.05) is 10.5 Å². The van der Waals surface area contributed by atoms with Crippen molar-refractivity contribution >= 4 is 21.4 Å². The van der Waals surface area contributed by atoms with Crippen LogP contribution in [-0.2, 0) is 17.1 Å². The summed E-state index contributed by atoms with van der Waals surface area (Å²) in [6.45, 7) is 3.45. The van der Waals surface area contributed by atoms with E-state index in [0.29, 0.717) is 22.5 Å². The Morgan fingerprint density at radius 2 is 1.84 bits per heavy atom. The summed E-state index contributed by atoms with van der Waals surface area (Å²) in [4.78, 5) is 0.255. The molecule has 0 aliphatic heterocycles. The summed E-state index contributed by atoms with van der Waals surface area (Å²) >= 11 is 0. The fourth-order valence-corrected chi connectivity index (χ4v) is 3.57. The maximum atomic E-state index is 12.4. The molecule has 0 spiro atoms. The van der Waals surface area contributed by atoms with Crippen LogP contribution in [0.2, 0.25) is 0 Å². The summed E-state index contributed by atoms with van der Waals surface area (Å²) in [5.41, 5.74) is 7.92. The molecule has 1 heterocycles. The van der Waals surface area contributed by atoms with Crippen LogP contribution in [0.15, 0.2) is 29.4 Å². The molecule has 1 aromatic heterocycles. The van der Waals surface area contributed by atoms with Crippen LogP contribution in [0.25, 0.3) is 0 Å². The van der Waals surface area contributed by atoms with Crippen molar-refractivity contribution in [3.8, 4) is 0 Å². The Bertz CT molecular complexity index is 696. The fraction of sp³-hybridized carbons (Fsp3) is 0.250. The van der Waals surface area contributed by atoms with E-state index in [1.165, 1.54) is 10.9 Å². The Kier molecular flexibility index (Phi) is 3.23. The molecule has 0 unspecified atom stereocenters. The zero-order valence-electron chi connectivity index (χ0n) is 11.0. The minimum atomic E-state index is -3.64. The number of sulfonamides is 1. The number of nitrogen functional groups attached to an aromatic ring is 1. The van der Waals surface area contributed by atoms with Gasteiger partial charge < -0.3 is 5.73 Å². The number of aryl methyl sites for hydroxylation is 3. The largest absolute Gasteiger partial charge is 0.399 e. The van der Waals surface area contributed by atoms with Gasteiger partial charge in [0.15, 0.2) is 0 Å². The molecule has 0 aliphatic carbocycles. The number of hydrogen-bond donors (Lipinski definition) is 2. The Hall–Kier alpha value is -2.02. The van der Waals surface area contributed by atoms with E-state index in [9.17, 15) is 8.42 Å². The maximum absolute atomic E-state index is 12.4. The second kappa shape index (κ2) is 4.58. The van der Waals surface area contributed by atoms with Crippen molar-refractivity contribution in [1.29, 1.82) is 0 Å². The number of hydrogen-bond acceptors (Lipinski definition) is 4. The van der Waals surface area contributed by atoms with Gasteiger partial charge in [-0.05, 0) is 37.1 Å². The Morgan fingerprint density at radius 1 is 1.26 bits per heavy atom. The van der Waals surface area contributed by atoms with Crippen molar-refractivity contribution in [3.63, 3.8) is 0 Å². The molecule has 102 valence electrons. The third-order valence-corrected chi connectivity index (χ3v) is 4.39. The highest BCUT2D eigenvalue weighted by Crippen LogP contribution is 2.25. The van der Waals surface area contributed by atoms with Gasteiger partial charge in [-0.2, -0.15) is 5.10 Å². The zero-order valence-corrected chi connectivity index (χ0v) is 11.8. The first-order valence-corrected chi connectivity index (χ1v) is 7.16. The van der Waals surface area contributed by atoms with Gasteiger partial charge in [0.2, 0.25) is 0 Å². The molecule has 0 saturated heterocycles. The van der Waals surface area contributed by atoms with Crippen molar-refractivity contribution in [2.45, 2.75) is 18.7 Å². The van der Waals surface area contributed by atoms with Crippen LogP contribution in [0.3, 0.4) is 0 Å². The van der Waals surface area contributed by atoms with Gasteiger partial charge in [-0.25, -0.2) is 8.42 Å². The van der Waals surface area contributed by atoms with Gasteiger partial charge in [0.25, 0.3) is 10.0 Å². The van der Waals surface area contributed by atoms with Crippen molar-refractivity contribution in [3.05, 3.63) is 35.7 Å². The molecule has 7 heteroatoms. The molecule has 2 rings (SSSR count). The van der Waals surface area contributed by atoms with E-state index in [-0.39, 0.29) is 4.90 Å². The summed E-state index contributed by atoms with van der Waals surface area (Å²) in [5, 5.41) is 3.92. The van der Waals surface area contributed by atoms with E-state index in [2.05, 4.69) is 9.82 Å². The van der Waals surface area contributed by atoms with E-state index >= 15 is 0 Å². The number of nitrogens with zero attached hydrogens (tertiary/aromatic N) is 2. The van der Waals surface area contributed by atoms with Crippen LogP contribution in [0.1, 0.15) is 11.1 Å². The number of nitrogens with two attached hydrogens (primary N) is 1. The summed E-state index contributed by atoms with van der Waals surface area (Å²) in [6.07, 6.45) is 3.05. The monoisotopic (exact) mass is 280 g/mol. The quantitative estimate of drug-likeness (QED) is 0.832. The standard InChI is InChI=1S/C12H16N4O2S/c1-8-4-10(13)5-9(2)12(8)19(17,18)15-11-6-14-16(3)7-11/h4-7,15H,13H2,1-3H3. The molecule has 6 nitrogen and oxygen atoms in total. The molecule has 0 amide bonds. The van der Waals surface area contributed by atoms with Gasteiger partial charge in [0.1, 0.15) is 0 Å². The highest BCUT2D eigenvalue weighted by Gasteiger charge is 2.20. The number of rotatable bonds is 3. The van der Waals surface area contributed by atoms with Crippen LogP contribution in [0.5, 0.6) is 0 Å². The molecule has 0 radical (unpaired) electrons. The van der Waals surface area contributed by atoms with Crippen molar-refractivity contribution < 1.29 is 8.42 Å². The molecule has 0 saturated carbocycles. The van der Waals surface area contributed by atoms with E-state index in [4.69, 9.17) is 5.73 Å². The van der Waals surface area contributed by atoms with E-state index in [1.807, 2.05) is 0 Å². The number of nitrogens with one attached hydrogen (secondary N) is 1. The summed E-state index contributed by atoms with van der Waals surface area (Å²) in [6, 6.07) is 3.29. The normalized spacial score (nSPS) is 11.5. The lowest BCUT2D eigenvalue weighted by molar-refractivity contribution is 0.600. The van der Waals surface area contributed by atoms with Crippen LogP contribution >= 0.6 is 0 Å². The predicted octanol–water partition coefficient (Wildman–Crippen LogP) is 1.42. The van der Waals surface area contributed by atoms with Gasteiger partial charge in [-0.3, -0.25) is 9.40 Å². The predicted molar refractivity (Wildman–Crippen MR) is 74.3 cm³/mol. The third kappa shape index (κ3) is 2.70. The summed E-state index contributed by atoms with van der Waals surface area (Å²) < 4.78 is 28.8. The molecule has 0 atom stereocenters. The first-order valence-electron chi connectivity index (χ1n) is 5.68. The Morgan fingerprint density at radius 3 is 2.32 bits per heavy atom. The van der Waals surface area contributed by atoms with E-state index in [0.717, 1.165) is 0 Å². The topological polar surface area (TPSA) is 90.0 Å². The first-order chi connectivity index (χ1) is 8.79.